The van der Waals surface area contributed by atoms with Crippen LogP contribution < -0.4 is 10.1 Å². The van der Waals surface area contributed by atoms with Crippen LogP contribution in [0.2, 0.25) is 0 Å². The average Bonchev–Trinajstić information content (AvgIpc) is 2.65. The number of nitrogens with one attached hydrogen (secondary N) is 1. The number of methoxy groups -OCH3 is 1. The third-order valence-corrected chi connectivity index (χ3v) is 3.97. The maximum Gasteiger partial charge on any atom is 0.356 e. The van der Waals surface area contributed by atoms with E-state index in [-0.39, 0.29) is 17.3 Å². The molecule has 1 aliphatic rings. The first-order valence-corrected chi connectivity index (χ1v) is 7.67. The van der Waals surface area contributed by atoms with Gasteiger partial charge in [0.1, 0.15) is 11.8 Å². The van der Waals surface area contributed by atoms with Gasteiger partial charge in [0, 0.05) is 20.1 Å². The minimum atomic E-state index is -0.598. The smallest absolute Gasteiger partial charge is 0.356 e. The number of amides is 2. The van der Waals surface area contributed by atoms with Gasteiger partial charge in [0.15, 0.2) is 5.75 Å². The molecule has 1 fully saturated rings. The van der Waals surface area contributed by atoms with Gasteiger partial charge in [-0.1, -0.05) is 0 Å². The minimum absolute atomic E-state index is 0.0660. The van der Waals surface area contributed by atoms with Crippen molar-refractivity contribution < 1.29 is 19.1 Å². The Morgan fingerprint density at radius 2 is 2.17 bits per heavy atom. The number of aromatic nitrogens is 1. The summed E-state index contributed by atoms with van der Waals surface area (Å²) in [5.41, 5.74) is 0.313. The van der Waals surface area contributed by atoms with Crippen LogP contribution in [-0.4, -0.2) is 55.7 Å². The van der Waals surface area contributed by atoms with Gasteiger partial charge in [-0.15, -0.1) is 0 Å². The lowest BCUT2D eigenvalue weighted by atomic mass is 9.98. The van der Waals surface area contributed by atoms with Crippen molar-refractivity contribution in [1.29, 1.82) is 5.26 Å². The van der Waals surface area contributed by atoms with Crippen molar-refractivity contribution in [3.8, 4) is 11.8 Å². The summed E-state index contributed by atoms with van der Waals surface area (Å²) in [5.74, 6) is 0.0521. The number of urea groups is 1. The van der Waals surface area contributed by atoms with Gasteiger partial charge in [-0.3, -0.25) is 0 Å². The Bertz CT molecular complexity index is 648. The highest BCUT2D eigenvalue weighted by atomic mass is 16.5. The minimum Gasteiger partial charge on any atom is -0.490 e. The predicted molar refractivity (Wildman–Crippen MR) is 84.5 cm³/mol. The fourth-order valence-electron chi connectivity index (χ4n) is 2.53. The Hall–Kier alpha value is -2.82. The molecule has 8 nitrogen and oxygen atoms in total. The summed E-state index contributed by atoms with van der Waals surface area (Å²) in [6.07, 6.45) is 3.04. The van der Waals surface area contributed by atoms with Crippen LogP contribution in [0.3, 0.4) is 0 Å². The topological polar surface area (TPSA) is 105 Å². The van der Waals surface area contributed by atoms with Gasteiger partial charge in [0.25, 0.3) is 0 Å². The molecule has 2 heterocycles. The summed E-state index contributed by atoms with van der Waals surface area (Å²) in [4.78, 5) is 28.7. The molecule has 0 spiro atoms. The molecule has 0 radical (unpaired) electrons. The molecule has 128 valence electrons. The van der Waals surface area contributed by atoms with Crippen LogP contribution in [0.1, 0.15) is 28.9 Å². The number of pyridine rings is 1. The fraction of sp³-hybridized carbons (Fsp3) is 0.500. The van der Waals surface area contributed by atoms with Gasteiger partial charge in [0.05, 0.1) is 25.5 Å². The largest absolute Gasteiger partial charge is 0.490 e. The Kier molecular flexibility index (Phi) is 5.95. The number of likely N-dealkylation sites (tertiary alicyclic amines) is 1. The Morgan fingerprint density at radius 1 is 1.46 bits per heavy atom. The molecule has 0 aromatic carbocycles. The highest BCUT2D eigenvalue weighted by molar-refractivity contribution is 5.87. The van der Waals surface area contributed by atoms with Gasteiger partial charge in [0.2, 0.25) is 0 Å². The lowest BCUT2D eigenvalue weighted by Gasteiger charge is -2.31. The van der Waals surface area contributed by atoms with E-state index in [1.54, 1.807) is 11.9 Å². The molecule has 1 aromatic heterocycles. The Labute approximate surface area is 140 Å². The standard InChI is InChI=1S/C16H20N4O4/c1-18-16(22)20-5-3-11(4-6-20)10-24-14-9-19-13(15(21)23-2)7-12(14)8-17/h7,9,11H,3-6,10H2,1-2H3,(H,18,22). The predicted octanol–water partition coefficient (Wildman–Crippen LogP) is 1.17. The van der Waals surface area contributed by atoms with Gasteiger partial charge < -0.3 is 19.7 Å². The Morgan fingerprint density at radius 3 is 2.75 bits per heavy atom. The van der Waals surface area contributed by atoms with E-state index in [1.165, 1.54) is 19.4 Å². The second kappa shape index (κ2) is 8.15. The van der Waals surface area contributed by atoms with Gasteiger partial charge in [-0.05, 0) is 24.8 Å². The third-order valence-electron chi connectivity index (χ3n) is 3.97. The van der Waals surface area contributed by atoms with Gasteiger partial charge >= 0.3 is 12.0 Å². The summed E-state index contributed by atoms with van der Waals surface area (Å²) in [5, 5.41) is 11.8. The molecule has 0 unspecified atom stereocenters. The molecule has 1 N–H and O–H groups in total. The third kappa shape index (κ3) is 4.13. The van der Waals surface area contributed by atoms with Crippen LogP contribution in [0, 0.1) is 17.2 Å². The number of nitrogens with zero attached hydrogens (tertiary/aromatic N) is 3. The maximum absolute atomic E-state index is 11.5. The number of carbonyl (C=O) groups excluding carboxylic acids is 2. The lowest BCUT2D eigenvalue weighted by Crippen LogP contribution is -2.43. The first-order chi connectivity index (χ1) is 11.6. The van der Waals surface area contributed by atoms with E-state index in [2.05, 4.69) is 15.0 Å². The van der Waals surface area contributed by atoms with Crippen LogP contribution in [0.15, 0.2) is 12.3 Å². The van der Waals surface area contributed by atoms with E-state index < -0.39 is 5.97 Å². The first-order valence-electron chi connectivity index (χ1n) is 7.67. The van der Waals surface area contributed by atoms with E-state index in [0.29, 0.717) is 31.4 Å². The van der Waals surface area contributed by atoms with Crippen molar-refractivity contribution >= 4 is 12.0 Å². The lowest BCUT2D eigenvalue weighted by molar-refractivity contribution is 0.0593. The van der Waals surface area contributed by atoms with Gasteiger partial charge in [-0.2, -0.15) is 5.26 Å². The summed E-state index contributed by atoms with van der Waals surface area (Å²) < 4.78 is 10.3. The van der Waals surface area contributed by atoms with E-state index in [0.717, 1.165) is 12.8 Å². The summed E-state index contributed by atoms with van der Waals surface area (Å²) >= 11 is 0. The van der Waals surface area contributed by atoms with Crippen LogP contribution in [-0.2, 0) is 4.74 Å². The van der Waals surface area contributed by atoms with Crippen molar-refractivity contribution in [3.05, 3.63) is 23.5 Å². The second-order valence-corrected chi connectivity index (χ2v) is 5.47. The normalized spacial score (nSPS) is 14.6. The van der Waals surface area contributed by atoms with Crippen molar-refractivity contribution in [2.75, 3.05) is 33.9 Å². The maximum atomic E-state index is 11.5. The molecule has 0 saturated carbocycles. The highest BCUT2D eigenvalue weighted by Crippen LogP contribution is 2.22. The number of carbonyl (C=O) groups is 2. The SMILES string of the molecule is CNC(=O)N1CCC(COc2cnc(C(=O)OC)cc2C#N)CC1. The van der Waals surface area contributed by atoms with Crippen molar-refractivity contribution in [3.63, 3.8) is 0 Å². The Balaban J connectivity index is 1.92. The monoisotopic (exact) mass is 332 g/mol. The molecule has 1 aromatic rings. The molecule has 2 amide bonds. The number of rotatable bonds is 4. The van der Waals surface area contributed by atoms with E-state index >= 15 is 0 Å². The summed E-state index contributed by atoms with van der Waals surface area (Å²) in [6, 6.07) is 3.29. The molecular formula is C16H20N4O4. The number of piperidine rings is 1. The van der Waals surface area contributed by atoms with E-state index in [4.69, 9.17) is 4.74 Å². The number of ether oxygens (including phenoxy) is 2. The van der Waals surface area contributed by atoms with Crippen molar-refractivity contribution in [1.82, 2.24) is 15.2 Å². The first kappa shape index (κ1) is 17.5. The molecule has 1 aliphatic heterocycles. The molecule has 8 heteroatoms. The molecule has 0 aliphatic carbocycles. The number of hydrogen-bond donors (Lipinski definition) is 1. The average molecular weight is 332 g/mol. The van der Waals surface area contributed by atoms with Gasteiger partial charge in [-0.25, -0.2) is 14.6 Å². The zero-order valence-corrected chi connectivity index (χ0v) is 13.7. The zero-order valence-electron chi connectivity index (χ0n) is 13.7. The number of nitriles is 1. The zero-order chi connectivity index (χ0) is 17.5. The van der Waals surface area contributed by atoms with E-state index in [9.17, 15) is 14.9 Å². The van der Waals surface area contributed by atoms with Crippen LogP contribution in [0.4, 0.5) is 4.79 Å². The molecular weight excluding hydrogens is 312 g/mol. The quantitative estimate of drug-likeness (QED) is 0.830. The molecule has 0 bridgehead atoms. The number of esters is 1. The summed E-state index contributed by atoms with van der Waals surface area (Å²) in [7, 11) is 2.87. The van der Waals surface area contributed by atoms with Crippen LogP contribution >= 0.6 is 0 Å². The molecule has 0 atom stereocenters. The second-order valence-electron chi connectivity index (χ2n) is 5.47. The fourth-order valence-corrected chi connectivity index (χ4v) is 2.53. The highest BCUT2D eigenvalue weighted by Gasteiger charge is 2.23. The molecule has 24 heavy (non-hydrogen) atoms. The molecule has 2 rings (SSSR count). The molecule has 1 saturated heterocycles. The summed E-state index contributed by atoms with van der Waals surface area (Å²) in [6.45, 7) is 1.80. The van der Waals surface area contributed by atoms with E-state index in [1.807, 2.05) is 6.07 Å². The number of hydrogen-bond acceptors (Lipinski definition) is 6. The van der Waals surface area contributed by atoms with Crippen molar-refractivity contribution in [2.24, 2.45) is 5.92 Å². The van der Waals surface area contributed by atoms with Crippen LogP contribution in [0.25, 0.3) is 0 Å². The van der Waals surface area contributed by atoms with Crippen LogP contribution in [0.5, 0.6) is 5.75 Å². The van der Waals surface area contributed by atoms with Crippen molar-refractivity contribution in [2.45, 2.75) is 12.8 Å².